The number of hydrogen-bond acceptors (Lipinski definition) is 2. The van der Waals surface area contributed by atoms with Crippen LogP contribution in [0.15, 0.2) is 10.5 Å². The fourth-order valence-electron chi connectivity index (χ4n) is 2.84. The van der Waals surface area contributed by atoms with Gasteiger partial charge in [0.1, 0.15) is 5.75 Å². The van der Waals surface area contributed by atoms with Gasteiger partial charge in [0.2, 0.25) is 0 Å². The highest BCUT2D eigenvalue weighted by Crippen LogP contribution is 2.34. The van der Waals surface area contributed by atoms with E-state index in [2.05, 4.69) is 41.2 Å². The molecule has 1 saturated heterocycles. The predicted molar refractivity (Wildman–Crippen MR) is 79.5 cm³/mol. The molecular weight excluding hydrogens is 290 g/mol. The van der Waals surface area contributed by atoms with E-state index >= 15 is 0 Å². The summed E-state index contributed by atoms with van der Waals surface area (Å²) < 4.78 is 6.80. The van der Waals surface area contributed by atoms with E-state index in [-0.39, 0.29) is 0 Å². The summed E-state index contributed by atoms with van der Waals surface area (Å²) in [6, 6.07) is 2.77. The van der Waals surface area contributed by atoms with E-state index in [0.717, 1.165) is 18.7 Å². The van der Waals surface area contributed by atoms with Gasteiger partial charge in [0.25, 0.3) is 0 Å². The standard InChI is InChI=1S/C15H22BrNO/c1-10-8-11(2)15(18-3)13(14(10)16)9-12-6-4-5-7-17-12/h8,12,17H,4-7,9H2,1-3H3. The lowest BCUT2D eigenvalue weighted by Gasteiger charge is -2.25. The number of ether oxygens (including phenoxy) is 1. The third kappa shape index (κ3) is 2.89. The lowest BCUT2D eigenvalue weighted by Crippen LogP contribution is -2.35. The van der Waals surface area contributed by atoms with Crippen molar-refractivity contribution in [3.05, 3.63) is 27.2 Å². The summed E-state index contributed by atoms with van der Waals surface area (Å²) in [4.78, 5) is 0. The Balaban J connectivity index is 2.29. The molecule has 1 atom stereocenters. The fraction of sp³-hybridized carbons (Fsp3) is 0.600. The number of rotatable bonds is 3. The van der Waals surface area contributed by atoms with Gasteiger partial charge in [-0.1, -0.05) is 28.4 Å². The molecule has 1 aromatic carbocycles. The second-order valence-corrected chi connectivity index (χ2v) is 5.98. The van der Waals surface area contributed by atoms with Crippen LogP contribution >= 0.6 is 15.9 Å². The van der Waals surface area contributed by atoms with Crippen LogP contribution in [0.5, 0.6) is 5.75 Å². The van der Waals surface area contributed by atoms with Gasteiger partial charge in [0.15, 0.2) is 0 Å². The lowest BCUT2D eigenvalue weighted by molar-refractivity contribution is 0.379. The summed E-state index contributed by atoms with van der Waals surface area (Å²) in [5.41, 5.74) is 3.83. The van der Waals surface area contributed by atoms with Crippen molar-refractivity contribution in [2.45, 2.75) is 45.6 Å². The number of nitrogens with one attached hydrogen (secondary N) is 1. The Morgan fingerprint density at radius 2 is 2.11 bits per heavy atom. The Bertz CT molecular complexity index is 425. The molecule has 1 aliphatic heterocycles. The SMILES string of the molecule is COc1c(C)cc(C)c(Br)c1CC1CCCCN1. The summed E-state index contributed by atoms with van der Waals surface area (Å²) in [6.07, 6.45) is 4.96. The van der Waals surface area contributed by atoms with Crippen molar-refractivity contribution in [3.63, 3.8) is 0 Å². The van der Waals surface area contributed by atoms with Crippen LogP contribution in [-0.4, -0.2) is 19.7 Å². The van der Waals surface area contributed by atoms with Gasteiger partial charge in [-0.15, -0.1) is 0 Å². The minimum atomic E-state index is 0.588. The highest BCUT2D eigenvalue weighted by atomic mass is 79.9. The molecule has 2 rings (SSSR count). The molecule has 0 saturated carbocycles. The fourth-order valence-corrected chi connectivity index (χ4v) is 3.30. The molecule has 1 fully saturated rings. The third-order valence-electron chi connectivity index (χ3n) is 3.74. The Kier molecular flexibility index (Phi) is 4.68. The van der Waals surface area contributed by atoms with Crippen LogP contribution in [-0.2, 0) is 6.42 Å². The van der Waals surface area contributed by atoms with E-state index in [1.54, 1.807) is 7.11 Å². The van der Waals surface area contributed by atoms with Gasteiger partial charge in [-0.3, -0.25) is 0 Å². The number of methoxy groups -OCH3 is 1. The average molecular weight is 312 g/mol. The maximum absolute atomic E-state index is 5.60. The number of halogens is 1. The number of aryl methyl sites for hydroxylation is 2. The van der Waals surface area contributed by atoms with Crippen molar-refractivity contribution in [3.8, 4) is 5.75 Å². The maximum Gasteiger partial charge on any atom is 0.126 e. The number of hydrogen-bond donors (Lipinski definition) is 1. The molecule has 3 heteroatoms. The van der Waals surface area contributed by atoms with Gasteiger partial charge >= 0.3 is 0 Å². The third-order valence-corrected chi connectivity index (χ3v) is 4.85. The molecule has 1 N–H and O–H groups in total. The minimum Gasteiger partial charge on any atom is -0.496 e. The normalized spacial score (nSPS) is 19.9. The molecule has 18 heavy (non-hydrogen) atoms. The zero-order chi connectivity index (χ0) is 13.1. The molecule has 0 aliphatic carbocycles. The van der Waals surface area contributed by atoms with Gasteiger partial charge in [-0.2, -0.15) is 0 Å². The van der Waals surface area contributed by atoms with Crippen LogP contribution in [0.3, 0.4) is 0 Å². The van der Waals surface area contributed by atoms with E-state index in [1.165, 1.54) is 40.4 Å². The van der Waals surface area contributed by atoms with Crippen molar-refractivity contribution in [1.82, 2.24) is 5.32 Å². The van der Waals surface area contributed by atoms with Gasteiger partial charge in [0, 0.05) is 16.1 Å². The van der Waals surface area contributed by atoms with Crippen LogP contribution in [0, 0.1) is 13.8 Å². The first-order valence-electron chi connectivity index (χ1n) is 6.69. The molecule has 100 valence electrons. The summed E-state index contributed by atoms with van der Waals surface area (Å²) >= 11 is 3.73. The van der Waals surface area contributed by atoms with Crippen LogP contribution in [0.25, 0.3) is 0 Å². The van der Waals surface area contributed by atoms with Gasteiger partial charge < -0.3 is 10.1 Å². The van der Waals surface area contributed by atoms with Crippen LogP contribution in [0.1, 0.15) is 36.0 Å². The highest BCUT2D eigenvalue weighted by Gasteiger charge is 2.19. The summed E-state index contributed by atoms with van der Waals surface area (Å²) in [7, 11) is 1.77. The Morgan fingerprint density at radius 3 is 2.72 bits per heavy atom. The van der Waals surface area contributed by atoms with E-state index in [9.17, 15) is 0 Å². The minimum absolute atomic E-state index is 0.588. The van der Waals surface area contributed by atoms with E-state index in [4.69, 9.17) is 4.74 Å². The Labute approximate surface area is 118 Å². The molecule has 0 radical (unpaired) electrons. The van der Waals surface area contributed by atoms with Crippen molar-refractivity contribution in [2.24, 2.45) is 0 Å². The van der Waals surface area contributed by atoms with Crippen LogP contribution in [0.4, 0.5) is 0 Å². The molecule has 0 bridgehead atoms. The molecule has 1 aliphatic rings. The molecule has 1 heterocycles. The number of benzene rings is 1. The molecule has 0 aromatic heterocycles. The number of piperidine rings is 1. The first kappa shape index (κ1) is 13.9. The Hall–Kier alpha value is -0.540. The van der Waals surface area contributed by atoms with Crippen LogP contribution in [0.2, 0.25) is 0 Å². The molecule has 1 unspecified atom stereocenters. The summed E-state index contributed by atoms with van der Waals surface area (Å²) in [5, 5.41) is 3.61. The van der Waals surface area contributed by atoms with Gasteiger partial charge in [-0.05, 0) is 50.8 Å². The topological polar surface area (TPSA) is 21.3 Å². The molecular formula is C15H22BrNO. The zero-order valence-electron chi connectivity index (χ0n) is 11.5. The second-order valence-electron chi connectivity index (χ2n) is 5.19. The second kappa shape index (κ2) is 6.07. The van der Waals surface area contributed by atoms with Crippen molar-refractivity contribution >= 4 is 15.9 Å². The van der Waals surface area contributed by atoms with Crippen molar-refractivity contribution in [1.29, 1.82) is 0 Å². The molecule has 2 nitrogen and oxygen atoms in total. The predicted octanol–water partition coefficient (Wildman–Crippen LogP) is 3.76. The highest BCUT2D eigenvalue weighted by molar-refractivity contribution is 9.10. The Morgan fingerprint density at radius 1 is 1.33 bits per heavy atom. The molecule has 0 spiro atoms. The van der Waals surface area contributed by atoms with E-state index in [0.29, 0.717) is 6.04 Å². The van der Waals surface area contributed by atoms with Crippen molar-refractivity contribution < 1.29 is 4.74 Å². The molecule has 1 aromatic rings. The van der Waals surface area contributed by atoms with Crippen LogP contribution < -0.4 is 10.1 Å². The van der Waals surface area contributed by atoms with Gasteiger partial charge in [0.05, 0.1) is 7.11 Å². The largest absolute Gasteiger partial charge is 0.496 e. The quantitative estimate of drug-likeness (QED) is 0.917. The average Bonchev–Trinajstić information content (AvgIpc) is 2.37. The maximum atomic E-state index is 5.60. The zero-order valence-corrected chi connectivity index (χ0v) is 13.1. The summed E-state index contributed by atoms with van der Waals surface area (Å²) in [5.74, 6) is 1.04. The van der Waals surface area contributed by atoms with Crippen molar-refractivity contribution in [2.75, 3.05) is 13.7 Å². The van der Waals surface area contributed by atoms with E-state index in [1.807, 2.05) is 0 Å². The summed E-state index contributed by atoms with van der Waals surface area (Å²) in [6.45, 7) is 5.42. The van der Waals surface area contributed by atoms with Gasteiger partial charge in [-0.25, -0.2) is 0 Å². The lowest BCUT2D eigenvalue weighted by atomic mass is 9.95. The molecule has 0 amide bonds. The first-order valence-corrected chi connectivity index (χ1v) is 7.48. The smallest absolute Gasteiger partial charge is 0.126 e. The monoisotopic (exact) mass is 311 g/mol. The first-order chi connectivity index (χ1) is 8.63. The van der Waals surface area contributed by atoms with E-state index < -0.39 is 0 Å².